The van der Waals surface area contributed by atoms with Crippen LogP contribution in [0.25, 0.3) is 81.1 Å². The number of anilines is 3. The lowest BCUT2D eigenvalue weighted by Gasteiger charge is -2.30. The Morgan fingerprint density at radius 3 is 1.69 bits per heavy atom. The zero-order chi connectivity index (χ0) is 39.4. The number of para-hydroxylation sites is 1. The fourth-order valence-corrected chi connectivity index (χ4v) is 12.0. The van der Waals surface area contributed by atoms with Gasteiger partial charge in [0.05, 0.1) is 26.8 Å². The molecular weight excluding hydrogens is 735 g/mol. The highest BCUT2D eigenvalue weighted by Gasteiger charge is 2.38. The van der Waals surface area contributed by atoms with E-state index in [-0.39, 0.29) is 10.8 Å². The third-order valence-corrected chi connectivity index (χ3v) is 14.9. The second-order valence-corrected chi connectivity index (χ2v) is 18.6. The maximum atomic E-state index is 5.30. The van der Waals surface area contributed by atoms with Crippen molar-refractivity contribution < 1.29 is 0 Å². The summed E-state index contributed by atoms with van der Waals surface area (Å²) in [7, 11) is 0. The molecule has 0 saturated heterocycles. The van der Waals surface area contributed by atoms with Crippen molar-refractivity contribution in [3.63, 3.8) is 0 Å². The molecule has 3 heterocycles. The molecule has 0 atom stereocenters. The van der Waals surface area contributed by atoms with Crippen LogP contribution < -0.4 is 4.90 Å². The number of hydrogen-bond acceptors (Lipinski definition) is 3. The molecule has 3 aromatic heterocycles. The Kier molecular flexibility index (Phi) is 6.46. The predicted molar refractivity (Wildman–Crippen MR) is 250 cm³/mol. The van der Waals surface area contributed by atoms with E-state index in [0.717, 1.165) is 33.1 Å². The zero-order valence-electron chi connectivity index (χ0n) is 33.3. The van der Waals surface area contributed by atoms with Crippen LogP contribution >= 0.6 is 11.3 Å². The molecule has 2 aliphatic carbocycles. The summed E-state index contributed by atoms with van der Waals surface area (Å²) in [5.74, 6) is 0. The summed E-state index contributed by atoms with van der Waals surface area (Å²) in [5.41, 5.74) is 20.0. The van der Waals surface area contributed by atoms with Crippen molar-refractivity contribution in [2.24, 2.45) is 0 Å². The van der Waals surface area contributed by atoms with Gasteiger partial charge in [0.1, 0.15) is 5.01 Å². The van der Waals surface area contributed by atoms with Crippen molar-refractivity contribution in [2.45, 2.75) is 38.5 Å². The molecule has 0 fully saturated rings. The van der Waals surface area contributed by atoms with Crippen molar-refractivity contribution in [2.75, 3.05) is 4.90 Å². The molecule has 3 nitrogen and oxygen atoms in total. The van der Waals surface area contributed by atoms with Crippen LogP contribution in [-0.4, -0.2) is 9.38 Å². The van der Waals surface area contributed by atoms with Crippen LogP contribution in [0.1, 0.15) is 49.9 Å². The number of fused-ring (bicyclic) bond motifs is 14. The van der Waals surface area contributed by atoms with E-state index in [0.29, 0.717) is 0 Å². The molecule has 4 heteroatoms. The van der Waals surface area contributed by atoms with Crippen LogP contribution in [0, 0.1) is 0 Å². The van der Waals surface area contributed by atoms with Gasteiger partial charge in [-0.15, -0.1) is 11.3 Å². The first-order chi connectivity index (χ1) is 28.8. The van der Waals surface area contributed by atoms with E-state index < -0.39 is 0 Å². The highest BCUT2D eigenvalue weighted by molar-refractivity contribution is 7.22. The number of thiazole rings is 1. The van der Waals surface area contributed by atoms with E-state index in [1.165, 1.54) is 87.3 Å². The molecule has 0 spiro atoms. The zero-order valence-corrected chi connectivity index (χ0v) is 34.2. The molecule has 0 amide bonds. The van der Waals surface area contributed by atoms with E-state index in [2.05, 4.69) is 201 Å². The molecule has 59 heavy (non-hydrogen) atoms. The van der Waals surface area contributed by atoms with E-state index in [1.54, 1.807) is 11.3 Å². The van der Waals surface area contributed by atoms with Crippen LogP contribution in [0.5, 0.6) is 0 Å². The predicted octanol–water partition coefficient (Wildman–Crippen LogP) is 15.2. The van der Waals surface area contributed by atoms with Crippen LogP contribution in [0.4, 0.5) is 17.1 Å². The van der Waals surface area contributed by atoms with Gasteiger partial charge in [-0.3, -0.25) is 0 Å². The Hall–Kier alpha value is -6.75. The lowest BCUT2D eigenvalue weighted by molar-refractivity contribution is 0.660. The van der Waals surface area contributed by atoms with Crippen LogP contribution in [0.15, 0.2) is 164 Å². The molecule has 8 aromatic carbocycles. The largest absolute Gasteiger partial charge is 0.310 e. The normalized spacial score (nSPS) is 14.7. The van der Waals surface area contributed by atoms with Gasteiger partial charge in [-0.05, 0) is 99.1 Å². The van der Waals surface area contributed by atoms with Crippen molar-refractivity contribution in [3.05, 3.63) is 186 Å². The fraction of sp³-hybridized carbons (Fsp3) is 0.109. The molecule has 2 aliphatic rings. The fourth-order valence-electron chi connectivity index (χ4n) is 10.9. The SMILES string of the molecule is CC1(C)c2ccccc2-c2ccc(N(c3ccc4c(c3)C(C)(C)c3ccccc3-4)c3ccc4c(c3)c3cc5nc(-c6ccccc6)sc5c5c6ccccc6n4c35)cc21. The average Bonchev–Trinajstić information content (AvgIpc) is 4.04. The number of nitrogens with zero attached hydrogens (tertiary/aromatic N) is 3. The Balaban J connectivity index is 1.07. The summed E-state index contributed by atoms with van der Waals surface area (Å²) >= 11 is 1.80. The summed E-state index contributed by atoms with van der Waals surface area (Å²) in [6.07, 6.45) is 0. The summed E-state index contributed by atoms with van der Waals surface area (Å²) in [4.78, 5) is 7.80. The van der Waals surface area contributed by atoms with E-state index >= 15 is 0 Å². The van der Waals surface area contributed by atoms with Crippen molar-refractivity contribution in [1.29, 1.82) is 0 Å². The Labute approximate surface area is 346 Å². The van der Waals surface area contributed by atoms with Gasteiger partial charge >= 0.3 is 0 Å². The van der Waals surface area contributed by atoms with E-state index in [9.17, 15) is 0 Å². The minimum absolute atomic E-state index is 0.120. The minimum Gasteiger partial charge on any atom is -0.310 e. The monoisotopic (exact) mass is 773 g/mol. The maximum absolute atomic E-state index is 5.30. The molecule has 0 saturated carbocycles. The third kappa shape index (κ3) is 4.34. The Morgan fingerprint density at radius 1 is 0.475 bits per heavy atom. The standard InChI is InChI=1S/C55H39N3S/c1-54(2)43-19-11-8-16-36(43)38-25-22-34(29-45(38)54)57(35-23-26-39-37-17-9-12-20-44(37)55(3,4)46(39)30-35)33-24-27-49-41(28-33)42-31-47-52(59-53(56-47)32-14-6-5-7-15-32)50-40-18-10-13-21-48(40)58(49)51(42)50/h5-31H,1-4H3. The van der Waals surface area contributed by atoms with E-state index in [1.807, 2.05) is 0 Å². The molecule has 0 bridgehead atoms. The van der Waals surface area contributed by atoms with Gasteiger partial charge < -0.3 is 9.30 Å². The highest BCUT2D eigenvalue weighted by atomic mass is 32.1. The Morgan fingerprint density at radius 2 is 1.02 bits per heavy atom. The number of hydrogen-bond donors (Lipinski definition) is 0. The van der Waals surface area contributed by atoms with Crippen LogP contribution in [0.3, 0.4) is 0 Å². The molecule has 11 aromatic rings. The second kappa shape index (κ2) is 11.5. The van der Waals surface area contributed by atoms with Crippen LogP contribution in [-0.2, 0) is 10.8 Å². The first-order valence-electron chi connectivity index (χ1n) is 20.6. The first-order valence-corrected chi connectivity index (χ1v) is 21.4. The van der Waals surface area contributed by atoms with Crippen LogP contribution in [0.2, 0.25) is 0 Å². The van der Waals surface area contributed by atoms with Gasteiger partial charge in [-0.25, -0.2) is 4.98 Å². The van der Waals surface area contributed by atoms with Gasteiger partial charge in [0.25, 0.3) is 0 Å². The first kappa shape index (κ1) is 33.2. The number of benzene rings is 8. The highest BCUT2D eigenvalue weighted by Crippen LogP contribution is 2.54. The summed E-state index contributed by atoms with van der Waals surface area (Å²) in [6.45, 7) is 9.49. The van der Waals surface area contributed by atoms with Gasteiger partial charge in [-0.2, -0.15) is 0 Å². The van der Waals surface area contributed by atoms with E-state index in [4.69, 9.17) is 4.98 Å². The van der Waals surface area contributed by atoms with Gasteiger partial charge in [0.2, 0.25) is 0 Å². The topological polar surface area (TPSA) is 20.5 Å². The average molecular weight is 774 g/mol. The van der Waals surface area contributed by atoms with Gasteiger partial charge in [0.15, 0.2) is 0 Å². The van der Waals surface area contributed by atoms with Gasteiger partial charge in [-0.1, -0.05) is 137 Å². The minimum atomic E-state index is -0.120. The summed E-state index contributed by atoms with van der Waals surface area (Å²) < 4.78 is 3.74. The lowest BCUT2D eigenvalue weighted by Crippen LogP contribution is -2.18. The molecule has 0 N–H and O–H groups in total. The third-order valence-electron chi connectivity index (χ3n) is 13.7. The number of aromatic nitrogens is 2. The Bertz CT molecular complexity index is 3460. The van der Waals surface area contributed by atoms with Gasteiger partial charge in [0, 0.05) is 55.0 Å². The van der Waals surface area contributed by atoms with Crippen molar-refractivity contribution in [3.8, 4) is 32.8 Å². The lowest BCUT2D eigenvalue weighted by atomic mass is 9.82. The van der Waals surface area contributed by atoms with Crippen molar-refractivity contribution >= 4 is 76.7 Å². The maximum Gasteiger partial charge on any atom is 0.124 e. The molecule has 0 unspecified atom stereocenters. The molecular formula is C55H39N3S. The molecule has 13 rings (SSSR count). The molecule has 280 valence electrons. The quantitative estimate of drug-likeness (QED) is 0.178. The summed E-state index contributed by atoms with van der Waals surface area (Å²) in [6, 6.07) is 61.1. The number of rotatable bonds is 4. The smallest absolute Gasteiger partial charge is 0.124 e. The summed E-state index contributed by atoms with van der Waals surface area (Å²) in [5, 5.41) is 6.10. The molecule has 0 aliphatic heterocycles. The molecule has 0 radical (unpaired) electrons. The second-order valence-electron chi connectivity index (χ2n) is 17.6. The van der Waals surface area contributed by atoms with Crippen molar-refractivity contribution in [1.82, 2.24) is 9.38 Å².